The van der Waals surface area contributed by atoms with Crippen LogP contribution in [0.25, 0.3) is 0 Å². The van der Waals surface area contributed by atoms with Crippen LogP contribution in [0, 0.1) is 0 Å². The molecule has 0 saturated carbocycles. The van der Waals surface area contributed by atoms with Gasteiger partial charge in [-0.1, -0.05) is 12.1 Å². The van der Waals surface area contributed by atoms with Gasteiger partial charge in [-0.3, -0.25) is 4.79 Å². The molecule has 1 aromatic rings. The van der Waals surface area contributed by atoms with Gasteiger partial charge in [-0.25, -0.2) is 8.42 Å². The number of hydrogen-bond acceptors (Lipinski definition) is 5. The lowest BCUT2D eigenvalue weighted by atomic mass is 10.2. The van der Waals surface area contributed by atoms with Gasteiger partial charge in [0.15, 0.2) is 0 Å². The summed E-state index contributed by atoms with van der Waals surface area (Å²) >= 11 is 0. The van der Waals surface area contributed by atoms with E-state index in [0.29, 0.717) is 0 Å². The number of carbonyl (C=O) groups is 1. The topological polar surface area (TPSA) is 102 Å². The molecule has 0 aliphatic heterocycles. The van der Waals surface area contributed by atoms with Crippen LogP contribution in [0.3, 0.4) is 0 Å². The number of hydrogen-bond donors (Lipinski definition) is 2. The minimum absolute atomic E-state index is 0.0280. The van der Waals surface area contributed by atoms with Crippen molar-refractivity contribution in [3.8, 4) is 5.75 Å². The van der Waals surface area contributed by atoms with E-state index in [1.807, 2.05) is 0 Å². The Hall–Kier alpha value is -1.64. The highest BCUT2D eigenvalue weighted by molar-refractivity contribution is 7.89. The predicted octanol–water partition coefficient (Wildman–Crippen LogP) is 0.463. The smallest absolute Gasteiger partial charge is 0.321 e. The van der Waals surface area contributed by atoms with Crippen LogP contribution in [0.2, 0.25) is 0 Å². The van der Waals surface area contributed by atoms with Crippen molar-refractivity contribution in [1.29, 1.82) is 0 Å². The highest BCUT2D eigenvalue weighted by atomic mass is 32.2. The molecule has 1 rings (SSSR count). The van der Waals surface area contributed by atoms with Crippen LogP contribution in [0.15, 0.2) is 29.2 Å². The minimum Gasteiger partial charge on any atom is -0.495 e. The van der Waals surface area contributed by atoms with Crippen molar-refractivity contribution in [2.75, 3.05) is 20.8 Å². The summed E-state index contributed by atoms with van der Waals surface area (Å²) in [5, 5.41) is 9.02. The number of methoxy groups -OCH3 is 2. The number of para-hydroxylation sites is 1. The first kappa shape index (κ1) is 16.4. The molecule has 0 aliphatic rings. The Morgan fingerprint density at radius 1 is 1.35 bits per heavy atom. The number of nitrogens with one attached hydrogen (secondary N) is 1. The molecular formula is C12H17NO6S. The van der Waals surface area contributed by atoms with E-state index >= 15 is 0 Å². The van der Waals surface area contributed by atoms with E-state index in [4.69, 9.17) is 14.6 Å². The standard InChI is InChI=1S/C12H17NO6S/c1-18-8-7-9(12(14)15)13-20(16,17)11-6-4-3-5-10(11)19-2/h3-6,9,13H,7-8H2,1-2H3,(H,14,15). The molecule has 112 valence electrons. The fourth-order valence-corrected chi connectivity index (χ4v) is 2.95. The second kappa shape index (κ2) is 7.22. The quantitative estimate of drug-likeness (QED) is 0.723. The van der Waals surface area contributed by atoms with Gasteiger partial charge in [-0.15, -0.1) is 0 Å². The fraction of sp³-hybridized carbons (Fsp3) is 0.417. The summed E-state index contributed by atoms with van der Waals surface area (Å²) in [6, 6.07) is 4.72. The SMILES string of the molecule is COCCC(NS(=O)(=O)c1ccccc1OC)C(=O)O. The van der Waals surface area contributed by atoms with Gasteiger partial charge in [0.1, 0.15) is 16.7 Å². The Morgan fingerprint density at radius 3 is 2.55 bits per heavy atom. The first-order valence-corrected chi connectivity index (χ1v) is 7.27. The molecule has 8 heteroatoms. The molecule has 0 bridgehead atoms. The van der Waals surface area contributed by atoms with Crippen molar-refractivity contribution in [2.24, 2.45) is 0 Å². The lowest BCUT2D eigenvalue weighted by molar-refractivity contribution is -0.139. The zero-order valence-electron chi connectivity index (χ0n) is 11.2. The zero-order chi connectivity index (χ0) is 15.2. The van der Waals surface area contributed by atoms with E-state index in [0.717, 1.165) is 0 Å². The Labute approximate surface area is 117 Å². The van der Waals surface area contributed by atoms with Gasteiger partial charge in [-0.05, 0) is 18.6 Å². The predicted molar refractivity (Wildman–Crippen MR) is 71.2 cm³/mol. The fourth-order valence-electron chi connectivity index (χ4n) is 1.56. The lowest BCUT2D eigenvalue weighted by Gasteiger charge is -2.15. The van der Waals surface area contributed by atoms with Gasteiger partial charge in [0.25, 0.3) is 0 Å². The molecule has 1 aromatic carbocycles. The van der Waals surface area contributed by atoms with E-state index in [1.54, 1.807) is 6.07 Å². The van der Waals surface area contributed by atoms with Crippen LogP contribution in [0.1, 0.15) is 6.42 Å². The molecule has 2 N–H and O–H groups in total. The van der Waals surface area contributed by atoms with E-state index in [1.165, 1.54) is 32.4 Å². The number of benzene rings is 1. The normalized spacial score (nSPS) is 12.9. The van der Waals surface area contributed by atoms with Gasteiger partial charge in [0, 0.05) is 13.7 Å². The molecule has 0 spiro atoms. The minimum atomic E-state index is -3.99. The largest absolute Gasteiger partial charge is 0.495 e. The molecule has 0 aromatic heterocycles. The molecule has 7 nitrogen and oxygen atoms in total. The number of carboxylic acids is 1. The molecule has 0 radical (unpaired) electrons. The van der Waals surface area contributed by atoms with Gasteiger partial charge in [-0.2, -0.15) is 4.72 Å². The molecule has 0 saturated heterocycles. The number of carboxylic acid groups (broad SMARTS) is 1. The Morgan fingerprint density at radius 2 is 2.00 bits per heavy atom. The Balaban J connectivity index is 3.00. The summed E-state index contributed by atoms with van der Waals surface area (Å²) < 4.78 is 36.2. The highest BCUT2D eigenvalue weighted by Gasteiger charge is 2.27. The molecule has 0 amide bonds. The summed E-state index contributed by atoms with van der Waals surface area (Å²) in [4.78, 5) is 10.9. The number of rotatable bonds is 8. The van der Waals surface area contributed by atoms with Crippen LogP contribution in [-0.2, 0) is 19.6 Å². The van der Waals surface area contributed by atoms with Crippen LogP contribution in [0.5, 0.6) is 5.75 Å². The van der Waals surface area contributed by atoms with Gasteiger partial charge in [0.2, 0.25) is 10.0 Å². The van der Waals surface area contributed by atoms with Gasteiger partial charge < -0.3 is 14.6 Å². The van der Waals surface area contributed by atoms with E-state index in [9.17, 15) is 13.2 Å². The van der Waals surface area contributed by atoms with Crippen molar-refractivity contribution in [3.05, 3.63) is 24.3 Å². The Bertz CT molecular complexity index is 557. The molecule has 20 heavy (non-hydrogen) atoms. The first-order valence-electron chi connectivity index (χ1n) is 5.79. The lowest BCUT2D eigenvalue weighted by Crippen LogP contribution is -2.41. The van der Waals surface area contributed by atoms with Crippen LogP contribution in [-0.4, -0.2) is 46.4 Å². The third kappa shape index (κ3) is 4.19. The average Bonchev–Trinajstić information content (AvgIpc) is 2.43. The van der Waals surface area contributed by atoms with Crippen molar-refractivity contribution < 1.29 is 27.8 Å². The van der Waals surface area contributed by atoms with Gasteiger partial charge in [0.05, 0.1) is 7.11 Å². The second-order valence-electron chi connectivity index (χ2n) is 3.94. The van der Waals surface area contributed by atoms with Crippen LogP contribution in [0.4, 0.5) is 0 Å². The molecule has 0 aliphatic carbocycles. The zero-order valence-corrected chi connectivity index (χ0v) is 12.0. The van der Waals surface area contributed by atoms with Crippen molar-refractivity contribution >= 4 is 16.0 Å². The maximum absolute atomic E-state index is 12.2. The highest BCUT2D eigenvalue weighted by Crippen LogP contribution is 2.22. The first-order chi connectivity index (χ1) is 9.42. The van der Waals surface area contributed by atoms with Crippen LogP contribution < -0.4 is 9.46 Å². The molecule has 1 atom stereocenters. The van der Waals surface area contributed by atoms with Crippen molar-refractivity contribution in [2.45, 2.75) is 17.4 Å². The number of ether oxygens (including phenoxy) is 2. The molecule has 0 heterocycles. The number of aliphatic carboxylic acids is 1. The third-order valence-electron chi connectivity index (χ3n) is 2.56. The number of sulfonamides is 1. The average molecular weight is 303 g/mol. The summed E-state index contributed by atoms with van der Waals surface area (Å²) in [6.07, 6.45) is 0.0280. The van der Waals surface area contributed by atoms with Crippen LogP contribution >= 0.6 is 0 Å². The second-order valence-corrected chi connectivity index (χ2v) is 5.63. The maximum atomic E-state index is 12.2. The van der Waals surface area contributed by atoms with Crippen molar-refractivity contribution in [3.63, 3.8) is 0 Å². The summed E-state index contributed by atoms with van der Waals surface area (Å²) in [7, 11) is -1.24. The van der Waals surface area contributed by atoms with Crippen molar-refractivity contribution in [1.82, 2.24) is 4.72 Å². The molecule has 1 unspecified atom stereocenters. The third-order valence-corrected chi connectivity index (χ3v) is 4.08. The Kier molecular flexibility index (Phi) is 5.93. The van der Waals surface area contributed by atoms with Gasteiger partial charge >= 0.3 is 5.97 Å². The molecular weight excluding hydrogens is 286 g/mol. The summed E-state index contributed by atoms with van der Waals surface area (Å²) in [5.74, 6) is -1.11. The van der Waals surface area contributed by atoms with E-state index in [-0.39, 0.29) is 23.7 Å². The molecule has 0 fully saturated rings. The maximum Gasteiger partial charge on any atom is 0.321 e. The monoisotopic (exact) mass is 303 g/mol. The van der Waals surface area contributed by atoms with E-state index < -0.39 is 22.0 Å². The van der Waals surface area contributed by atoms with E-state index in [2.05, 4.69) is 4.72 Å². The summed E-state index contributed by atoms with van der Waals surface area (Å²) in [5.41, 5.74) is 0. The summed E-state index contributed by atoms with van der Waals surface area (Å²) in [6.45, 7) is 0.130.